The van der Waals surface area contributed by atoms with Crippen LogP contribution in [0.3, 0.4) is 0 Å². The molecule has 0 saturated carbocycles. The van der Waals surface area contributed by atoms with Gasteiger partial charge in [0.15, 0.2) is 6.17 Å². The second kappa shape index (κ2) is 10.5. The number of para-hydroxylation sites is 3. The highest BCUT2D eigenvalue weighted by molar-refractivity contribution is 6.05. The normalized spacial score (nSPS) is 15.5. The molecule has 0 saturated heterocycles. The van der Waals surface area contributed by atoms with E-state index in [1.54, 1.807) is 0 Å². The van der Waals surface area contributed by atoms with Gasteiger partial charge in [-0.25, -0.2) is 4.99 Å². The fourth-order valence-electron chi connectivity index (χ4n) is 3.64. The predicted octanol–water partition coefficient (Wildman–Crippen LogP) is 4.59. The van der Waals surface area contributed by atoms with Crippen LogP contribution in [-0.2, 0) is 6.61 Å². The van der Waals surface area contributed by atoms with Crippen molar-refractivity contribution in [1.82, 2.24) is 0 Å². The first kappa shape index (κ1) is 22.2. The maximum atomic E-state index is 6.39. The van der Waals surface area contributed by atoms with Crippen LogP contribution in [0.25, 0.3) is 0 Å². The Morgan fingerprint density at radius 3 is 2.33 bits per heavy atom. The molecule has 4 N–H and O–H groups in total. The van der Waals surface area contributed by atoms with Crippen LogP contribution in [0.2, 0.25) is 0 Å². The summed E-state index contributed by atoms with van der Waals surface area (Å²) in [7, 11) is 0. The fourth-order valence-corrected chi connectivity index (χ4v) is 3.64. The molecule has 7 nitrogen and oxygen atoms in total. The molecule has 0 amide bonds. The zero-order valence-electron chi connectivity index (χ0n) is 18.7. The van der Waals surface area contributed by atoms with Gasteiger partial charge >= 0.3 is 0 Å². The Labute approximate surface area is 194 Å². The molecule has 0 spiro atoms. The van der Waals surface area contributed by atoms with E-state index in [0.717, 1.165) is 29.7 Å². The number of aliphatic imine (C=N–C) groups is 2. The molecule has 0 fully saturated rings. The standard InChI is InChI=1S/C26H29N5O2/c1-2-3-17-32-23-16-10-8-14-21(23)31-24(29-25(27)30-26(31)28)20-13-7-9-15-22(20)33-18-19-11-5-4-6-12-19/h4-16,24H,2-3,17-18H2,1H3,(H4,27,28,29,30). The molecule has 1 aliphatic heterocycles. The first-order valence-electron chi connectivity index (χ1n) is 11.1. The molecule has 4 rings (SSSR count). The molecule has 7 heteroatoms. The maximum absolute atomic E-state index is 6.39. The van der Waals surface area contributed by atoms with Gasteiger partial charge in [-0.3, -0.25) is 4.90 Å². The molecule has 3 aromatic rings. The number of anilines is 1. The number of rotatable bonds is 9. The van der Waals surface area contributed by atoms with Gasteiger partial charge in [0.2, 0.25) is 11.9 Å². The average molecular weight is 444 g/mol. The van der Waals surface area contributed by atoms with E-state index in [0.29, 0.717) is 24.7 Å². The van der Waals surface area contributed by atoms with Crippen LogP contribution in [0.1, 0.15) is 37.1 Å². The molecule has 3 aromatic carbocycles. The number of unbranched alkanes of at least 4 members (excludes halogenated alkanes) is 1. The van der Waals surface area contributed by atoms with E-state index in [1.165, 1.54) is 0 Å². The highest BCUT2D eigenvalue weighted by atomic mass is 16.5. The summed E-state index contributed by atoms with van der Waals surface area (Å²) < 4.78 is 12.3. The van der Waals surface area contributed by atoms with Gasteiger partial charge in [0.25, 0.3) is 0 Å². The molecule has 0 aliphatic carbocycles. The Bertz CT molecular complexity index is 1130. The summed E-state index contributed by atoms with van der Waals surface area (Å²) in [6.07, 6.45) is 1.46. The van der Waals surface area contributed by atoms with Crippen molar-refractivity contribution >= 4 is 17.6 Å². The Morgan fingerprint density at radius 1 is 0.848 bits per heavy atom. The van der Waals surface area contributed by atoms with E-state index in [1.807, 2.05) is 83.8 Å². The number of nitrogens with zero attached hydrogens (tertiary/aromatic N) is 3. The third-order valence-corrected chi connectivity index (χ3v) is 5.29. The van der Waals surface area contributed by atoms with E-state index < -0.39 is 6.17 Å². The van der Waals surface area contributed by atoms with Gasteiger partial charge in [-0.05, 0) is 30.2 Å². The minimum atomic E-state index is -0.551. The summed E-state index contributed by atoms with van der Waals surface area (Å²) in [5.41, 5.74) is 15.1. The monoisotopic (exact) mass is 443 g/mol. The molecule has 33 heavy (non-hydrogen) atoms. The van der Waals surface area contributed by atoms with Crippen molar-refractivity contribution in [3.8, 4) is 11.5 Å². The Morgan fingerprint density at radius 2 is 1.55 bits per heavy atom. The summed E-state index contributed by atoms with van der Waals surface area (Å²) >= 11 is 0. The largest absolute Gasteiger partial charge is 0.491 e. The van der Waals surface area contributed by atoms with Crippen LogP contribution in [-0.4, -0.2) is 18.5 Å². The number of nitrogens with two attached hydrogens (primary N) is 2. The summed E-state index contributed by atoms with van der Waals surface area (Å²) in [5.74, 6) is 1.78. The first-order chi connectivity index (χ1) is 16.2. The van der Waals surface area contributed by atoms with Gasteiger partial charge in [0, 0.05) is 5.56 Å². The van der Waals surface area contributed by atoms with Gasteiger partial charge in [0.05, 0.1) is 12.3 Å². The molecule has 1 aliphatic rings. The zero-order valence-corrected chi connectivity index (χ0v) is 18.7. The van der Waals surface area contributed by atoms with Crippen LogP contribution in [0.5, 0.6) is 11.5 Å². The van der Waals surface area contributed by atoms with Gasteiger partial charge in [0.1, 0.15) is 18.1 Å². The zero-order chi connectivity index (χ0) is 23.0. The van der Waals surface area contributed by atoms with E-state index in [9.17, 15) is 0 Å². The van der Waals surface area contributed by atoms with Gasteiger partial charge in [-0.15, -0.1) is 0 Å². The molecule has 1 heterocycles. The summed E-state index contributed by atoms with van der Waals surface area (Å²) in [4.78, 5) is 10.7. The van der Waals surface area contributed by atoms with Crippen molar-refractivity contribution in [2.24, 2.45) is 21.5 Å². The lowest BCUT2D eigenvalue weighted by molar-refractivity contribution is 0.300. The van der Waals surface area contributed by atoms with Gasteiger partial charge < -0.3 is 20.9 Å². The van der Waals surface area contributed by atoms with Crippen LogP contribution < -0.4 is 25.8 Å². The van der Waals surface area contributed by atoms with Crippen molar-refractivity contribution < 1.29 is 9.47 Å². The smallest absolute Gasteiger partial charge is 0.221 e. The van der Waals surface area contributed by atoms with Crippen molar-refractivity contribution in [3.05, 3.63) is 90.0 Å². The number of benzene rings is 3. The second-order valence-corrected chi connectivity index (χ2v) is 7.68. The highest BCUT2D eigenvalue weighted by Crippen LogP contribution is 2.39. The van der Waals surface area contributed by atoms with Crippen LogP contribution in [0.15, 0.2) is 88.8 Å². The summed E-state index contributed by atoms with van der Waals surface area (Å²) in [6, 6.07) is 25.5. The van der Waals surface area contributed by atoms with Gasteiger partial charge in [-0.2, -0.15) is 4.99 Å². The molecule has 170 valence electrons. The quantitative estimate of drug-likeness (QED) is 0.471. The van der Waals surface area contributed by atoms with Crippen LogP contribution in [0, 0.1) is 0 Å². The van der Waals surface area contributed by atoms with E-state index in [-0.39, 0.29) is 11.9 Å². The van der Waals surface area contributed by atoms with E-state index in [4.69, 9.17) is 20.9 Å². The average Bonchev–Trinajstić information content (AvgIpc) is 2.84. The van der Waals surface area contributed by atoms with Crippen LogP contribution >= 0.6 is 0 Å². The molecular weight excluding hydrogens is 414 g/mol. The minimum absolute atomic E-state index is 0.121. The third-order valence-electron chi connectivity index (χ3n) is 5.29. The second-order valence-electron chi connectivity index (χ2n) is 7.68. The van der Waals surface area contributed by atoms with Crippen molar-refractivity contribution in [2.75, 3.05) is 11.5 Å². The topological polar surface area (TPSA) is 98.5 Å². The molecule has 1 atom stereocenters. The summed E-state index contributed by atoms with van der Waals surface area (Å²) in [6.45, 7) is 3.18. The summed E-state index contributed by atoms with van der Waals surface area (Å²) in [5, 5.41) is 0. The molecule has 0 bridgehead atoms. The predicted molar refractivity (Wildman–Crippen MR) is 133 cm³/mol. The lowest BCUT2D eigenvalue weighted by Crippen LogP contribution is -2.44. The first-order valence-corrected chi connectivity index (χ1v) is 11.1. The number of ether oxygens (including phenoxy) is 2. The van der Waals surface area contributed by atoms with E-state index >= 15 is 0 Å². The molecule has 1 unspecified atom stereocenters. The fraction of sp³-hybridized carbons (Fsp3) is 0.231. The number of hydrogen-bond acceptors (Lipinski definition) is 7. The number of guanidine groups is 2. The van der Waals surface area contributed by atoms with Gasteiger partial charge in [-0.1, -0.05) is 74.0 Å². The Balaban J connectivity index is 1.69. The minimum Gasteiger partial charge on any atom is -0.491 e. The third kappa shape index (κ3) is 5.26. The van der Waals surface area contributed by atoms with E-state index in [2.05, 4.69) is 16.9 Å². The van der Waals surface area contributed by atoms with Crippen molar-refractivity contribution in [1.29, 1.82) is 0 Å². The molecule has 0 radical (unpaired) electrons. The Hall–Kier alpha value is -4.00. The molecular formula is C26H29N5O2. The Kier molecular flexibility index (Phi) is 7.09. The van der Waals surface area contributed by atoms with Crippen molar-refractivity contribution in [3.63, 3.8) is 0 Å². The maximum Gasteiger partial charge on any atom is 0.221 e. The SMILES string of the molecule is CCCCOc1ccccc1N1C(N)=NC(N)=NC1c1ccccc1OCc1ccccc1. The lowest BCUT2D eigenvalue weighted by atomic mass is 10.1. The molecule has 0 aromatic heterocycles. The number of hydrogen-bond donors (Lipinski definition) is 2. The van der Waals surface area contributed by atoms with Crippen LogP contribution in [0.4, 0.5) is 5.69 Å². The van der Waals surface area contributed by atoms with Crippen molar-refractivity contribution in [2.45, 2.75) is 32.5 Å². The highest BCUT2D eigenvalue weighted by Gasteiger charge is 2.31. The lowest BCUT2D eigenvalue weighted by Gasteiger charge is -2.34.